The Labute approximate surface area is 162 Å². The highest BCUT2D eigenvalue weighted by molar-refractivity contribution is 6.06. The van der Waals surface area contributed by atoms with Gasteiger partial charge in [0, 0.05) is 17.9 Å². The van der Waals surface area contributed by atoms with Gasteiger partial charge in [0.2, 0.25) is 0 Å². The minimum atomic E-state index is -1.02. The lowest BCUT2D eigenvalue weighted by molar-refractivity contribution is 0.0696. The second kappa shape index (κ2) is 7.67. The molecule has 3 aromatic rings. The third-order valence-electron chi connectivity index (χ3n) is 4.63. The van der Waals surface area contributed by atoms with Crippen LogP contribution in [-0.2, 0) is 6.54 Å². The third-order valence-corrected chi connectivity index (χ3v) is 4.63. The lowest BCUT2D eigenvalue weighted by atomic mass is 10.1. The summed E-state index contributed by atoms with van der Waals surface area (Å²) in [6.45, 7) is 8.23. The number of aryl methyl sites for hydroxylation is 2. The van der Waals surface area contributed by atoms with Crippen LogP contribution in [0.25, 0.3) is 5.69 Å². The van der Waals surface area contributed by atoms with Gasteiger partial charge in [-0.25, -0.2) is 9.48 Å². The van der Waals surface area contributed by atoms with Crippen molar-refractivity contribution >= 4 is 17.6 Å². The fourth-order valence-electron chi connectivity index (χ4n) is 3.24. The number of benzene rings is 1. The summed E-state index contributed by atoms with van der Waals surface area (Å²) in [6, 6.07) is 7.12. The lowest BCUT2D eigenvalue weighted by Gasteiger charge is -2.09. The summed E-state index contributed by atoms with van der Waals surface area (Å²) in [5.41, 5.74) is 4.01. The Hall–Kier alpha value is -3.42. The van der Waals surface area contributed by atoms with E-state index in [2.05, 4.69) is 22.4 Å². The maximum Gasteiger partial charge on any atom is 0.339 e. The average Bonchev–Trinajstić information content (AvgIpc) is 3.15. The van der Waals surface area contributed by atoms with Crippen molar-refractivity contribution in [2.24, 2.45) is 0 Å². The molecule has 0 saturated carbocycles. The molecule has 0 spiro atoms. The van der Waals surface area contributed by atoms with Crippen LogP contribution in [0.5, 0.6) is 0 Å². The van der Waals surface area contributed by atoms with Gasteiger partial charge < -0.3 is 10.4 Å². The van der Waals surface area contributed by atoms with E-state index in [1.54, 1.807) is 31.2 Å². The highest BCUT2D eigenvalue weighted by atomic mass is 16.4. The predicted octanol–water partition coefficient (Wildman–Crippen LogP) is 3.35. The summed E-state index contributed by atoms with van der Waals surface area (Å²) in [5, 5.41) is 20.7. The Morgan fingerprint density at radius 3 is 2.57 bits per heavy atom. The molecule has 28 heavy (non-hydrogen) atoms. The summed E-state index contributed by atoms with van der Waals surface area (Å²) in [6.07, 6.45) is 2.25. The van der Waals surface area contributed by atoms with Crippen molar-refractivity contribution in [2.75, 3.05) is 5.32 Å². The summed E-state index contributed by atoms with van der Waals surface area (Å²) in [4.78, 5) is 24.0. The fourth-order valence-corrected chi connectivity index (χ4v) is 3.24. The minimum Gasteiger partial charge on any atom is -0.478 e. The highest BCUT2D eigenvalue weighted by Crippen LogP contribution is 2.20. The number of carbonyl (C=O) groups excluding carboxylic acids is 1. The van der Waals surface area contributed by atoms with Crippen molar-refractivity contribution in [1.29, 1.82) is 0 Å². The zero-order valence-electron chi connectivity index (χ0n) is 16.4. The summed E-state index contributed by atoms with van der Waals surface area (Å²) < 4.78 is 3.39. The molecule has 0 fully saturated rings. The van der Waals surface area contributed by atoms with Crippen molar-refractivity contribution < 1.29 is 14.7 Å². The Bertz CT molecular complexity index is 1050. The second-order valence-corrected chi connectivity index (χ2v) is 6.63. The van der Waals surface area contributed by atoms with Gasteiger partial charge in [0.25, 0.3) is 5.91 Å². The number of carbonyl (C=O) groups is 2. The van der Waals surface area contributed by atoms with E-state index in [4.69, 9.17) is 0 Å². The van der Waals surface area contributed by atoms with Gasteiger partial charge in [-0.2, -0.15) is 10.2 Å². The van der Waals surface area contributed by atoms with Crippen LogP contribution in [0.4, 0.5) is 5.69 Å². The molecule has 8 nitrogen and oxygen atoms in total. The van der Waals surface area contributed by atoms with Crippen LogP contribution in [0.15, 0.2) is 30.5 Å². The highest BCUT2D eigenvalue weighted by Gasteiger charge is 2.19. The van der Waals surface area contributed by atoms with E-state index in [0.29, 0.717) is 28.3 Å². The monoisotopic (exact) mass is 381 g/mol. The van der Waals surface area contributed by atoms with Crippen LogP contribution in [0.1, 0.15) is 51.1 Å². The van der Waals surface area contributed by atoms with Gasteiger partial charge in [0.15, 0.2) is 0 Å². The molecule has 2 heterocycles. The molecular formula is C20H23N5O3. The van der Waals surface area contributed by atoms with E-state index in [0.717, 1.165) is 18.7 Å². The van der Waals surface area contributed by atoms with Gasteiger partial charge in [-0.1, -0.05) is 13.0 Å². The number of hydrogen-bond donors (Lipinski definition) is 2. The van der Waals surface area contributed by atoms with Crippen LogP contribution in [-0.4, -0.2) is 36.5 Å². The molecule has 1 aromatic carbocycles. The molecule has 146 valence electrons. The Morgan fingerprint density at radius 1 is 1.18 bits per heavy atom. The number of aromatic nitrogens is 4. The van der Waals surface area contributed by atoms with Crippen molar-refractivity contribution in [1.82, 2.24) is 19.6 Å². The van der Waals surface area contributed by atoms with Crippen molar-refractivity contribution in [3.05, 3.63) is 58.7 Å². The molecule has 0 saturated heterocycles. The zero-order valence-corrected chi connectivity index (χ0v) is 16.4. The van der Waals surface area contributed by atoms with E-state index < -0.39 is 5.97 Å². The van der Waals surface area contributed by atoms with Crippen LogP contribution in [0, 0.1) is 20.8 Å². The first-order chi connectivity index (χ1) is 13.3. The molecule has 0 aliphatic rings. The Kier molecular flexibility index (Phi) is 5.30. The van der Waals surface area contributed by atoms with Crippen molar-refractivity contribution in [2.45, 2.75) is 40.7 Å². The van der Waals surface area contributed by atoms with E-state index >= 15 is 0 Å². The number of amides is 1. The quantitative estimate of drug-likeness (QED) is 0.682. The maximum atomic E-state index is 12.8. The number of carboxylic acid groups (broad SMARTS) is 1. The first-order valence-corrected chi connectivity index (χ1v) is 9.07. The van der Waals surface area contributed by atoms with Crippen LogP contribution in [0.3, 0.4) is 0 Å². The van der Waals surface area contributed by atoms with Gasteiger partial charge in [-0.3, -0.25) is 9.48 Å². The van der Waals surface area contributed by atoms with E-state index in [1.807, 2.05) is 18.5 Å². The summed E-state index contributed by atoms with van der Waals surface area (Å²) in [7, 11) is 0. The average molecular weight is 381 g/mol. The Balaban J connectivity index is 1.88. The van der Waals surface area contributed by atoms with Gasteiger partial charge >= 0.3 is 5.97 Å². The van der Waals surface area contributed by atoms with Crippen LogP contribution < -0.4 is 5.32 Å². The molecule has 0 radical (unpaired) electrons. The molecule has 0 bridgehead atoms. The zero-order chi connectivity index (χ0) is 20.4. The van der Waals surface area contributed by atoms with Gasteiger partial charge in [0.05, 0.1) is 28.8 Å². The van der Waals surface area contributed by atoms with E-state index in [9.17, 15) is 14.7 Å². The standard InChI is InChI=1S/C20H23N5O3/c1-5-9-24-14(4)18(12(2)23-24)19(26)22-15-7-6-8-16(10-15)25-13(3)17(11-21-25)20(27)28/h6-8,10-11H,5,9H2,1-4H3,(H,22,26)(H,27,28). The fraction of sp³-hybridized carbons (Fsp3) is 0.300. The molecule has 0 unspecified atom stereocenters. The number of hydrogen-bond acceptors (Lipinski definition) is 4. The molecule has 0 aliphatic heterocycles. The minimum absolute atomic E-state index is 0.143. The van der Waals surface area contributed by atoms with Gasteiger partial charge in [0.1, 0.15) is 5.56 Å². The first-order valence-electron chi connectivity index (χ1n) is 9.07. The number of rotatable bonds is 6. The maximum absolute atomic E-state index is 12.8. The largest absolute Gasteiger partial charge is 0.478 e. The number of nitrogens with one attached hydrogen (secondary N) is 1. The van der Waals surface area contributed by atoms with Gasteiger partial charge in [-0.05, 0) is 45.4 Å². The molecule has 8 heteroatoms. The molecular weight excluding hydrogens is 358 g/mol. The SMILES string of the molecule is CCCn1nc(C)c(C(=O)Nc2cccc(-n3ncc(C(=O)O)c3C)c2)c1C. The lowest BCUT2D eigenvalue weighted by Crippen LogP contribution is -2.14. The van der Waals surface area contributed by atoms with Gasteiger partial charge in [-0.15, -0.1) is 0 Å². The smallest absolute Gasteiger partial charge is 0.339 e. The van der Waals surface area contributed by atoms with E-state index in [-0.39, 0.29) is 11.5 Å². The predicted molar refractivity (Wildman–Crippen MR) is 105 cm³/mol. The van der Waals surface area contributed by atoms with Crippen LogP contribution in [0.2, 0.25) is 0 Å². The topological polar surface area (TPSA) is 102 Å². The molecule has 0 atom stereocenters. The van der Waals surface area contributed by atoms with Crippen molar-refractivity contribution in [3.8, 4) is 5.69 Å². The van der Waals surface area contributed by atoms with E-state index in [1.165, 1.54) is 10.9 Å². The number of aromatic carboxylic acids is 1. The van der Waals surface area contributed by atoms with Crippen LogP contribution >= 0.6 is 0 Å². The van der Waals surface area contributed by atoms with Crippen molar-refractivity contribution in [3.63, 3.8) is 0 Å². The molecule has 0 aliphatic carbocycles. The normalized spacial score (nSPS) is 10.9. The molecule has 3 rings (SSSR count). The summed E-state index contributed by atoms with van der Waals surface area (Å²) >= 11 is 0. The molecule has 1 amide bonds. The third kappa shape index (κ3) is 3.53. The Morgan fingerprint density at radius 2 is 1.93 bits per heavy atom. The molecule has 2 N–H and O–H groups in total. The second-order valence-electron chi connectivity index (χ2n) is 6.63. The number of anilines is 1. The molecule has 2 aromatic heterocycles. The summed E-state index contributed by atoms with van der Waals surface area (Å²) in [5.74, 6) is -1.25. The number of carboxylic acids is 1. The first kappa shape index (κ1) is 19.3. The number of nitrogens with zero attached hydrogens (tertiary/aromatic N) is 4.